The monoisotopic (exact) mass is 391 g/mol. The number of pyridine rings is 2. The van der Waals surface area contributed by atoms with Crippen LogP contribution in [0.3, 0.4) is 0 Å². The van der Waals surface area contributed by atoms with Crippen LogP contribution in [0.1, 0.15) is 28.0 Å². The number of carbonyl (C=O) groups excluding carboxylic acids is 1. The molecule has 2 aromatic heterocycles. The summed E-state index contributed by atoms with van der Waals surface area (Å²) in [6.07, 6.45) is 4.91. The van der Waals surface area contributed by atoms with Crippen LogP contribution in [0.5, 0.6) is 11.5 Å². The van der Waals surface area contributed by atoms with E-state index in [2.05, 4.69) is 10.3 Å². The Morgan fingerprint density at radius 2 is 2.03 bits per heavy atom. The Bertz CT molecular complexity index is 1090. The van der Waals surface area contributed by atoms with Crippen LogP contribution in [0.2, 0.25) is 0 Å². The molecule has 0 saturated carbocycles. The Hall–Kier alpha value is -3.61. The minimum absolute atomic E-state index is 0.142. The van der Waals surface area contributed by atoms with Crippen molar-refractivity contribution in [3.05, 3.63) is 82.0 Å². The minimum Gasteiger partial charge on any atom is -0.454 e. The van der Waals surface area contributed by atoms with Gasteiger partial charge in [-0.1, -0.05) is 6.07 Å². The van der Waals surface area contributed by atoms with E-state index in [0.29, 0.717) is 29.3 Å². The zero-order valence-electron chi connectivity index (χ0n) is 16.1. The highest BCUT2D eigenvalue weighted by Gasteiger charge is 2.18. The summed E-state index contributed by atoms with van der Waals surface area (Å²) in [7, 11) is 0. The summed E-state index contributed by atoms with van der Waals surface area (Å²) in [5.74, 6) is 0.846. The average molecular weight is 391 g/mol. The number of aromatic nitrogens is 2. The van der Waals surface area contributed by atoms with Crippen LogP contribution in [-0.2, 0) is 6.42 Å². The van der Waals surface area contributed by atoms with Gasteiger partial charge < -0.3 is 14.8 Å². The van der Waals surface area contributed by atoms with Crippen molar-refractivity contribution in [1.29, 1.82) is 0 Å². The van der Waals surface area contributed by atoms with Gasteiger partial charge >= 0.3 is 0 Å². The molecule has 3 aromatic rings. The molecular weight excluding hydrogens is 370 g/mol. The van der Waals surface area contributed by atoms with Gasteiger partial charge in [0.15, 0.2) is 11.5 Å². The number of hydrogen-bond acceptors (Lipinski definition) is 5. The third kappa shape index (κ3) is 3.99. The summed E-state index contributed by atoms with van der Waals surface area (Å²) < 4.78 is 12.1. The first-order chi connectivity index (χ1) is 14.1. The minimum atomic E-state index is -0.372. The summed E-state index contributed by atoms with van der Waals surface area (Å²) >= 11 is 0. The SMILES string of the molecule is Cc1ccn(-c2ccc3c(c2)OCO3)c(=O)c1C(=O)NCCCc1ccccn1. The molecule has 0 radical (unpaired) electrons. The summed E-state index contributed by atoms with van der Waals surface area (Å²) in [5, 5.41) is 2.85. The fraction of sp³-hybridized carbons (Fsp3) is 0.227. The first-order valence-corrected chi connectivity index (χ1v) is 9.44. The third-order valence-corrected chi connectivity index (χ3v) is 4.78. The Labute approximate surface area is 167 Å². The largest absolute Gasteiger partial charge is 0.454 e. The second-order valence-corrected chi connectivity index (χ2v) is 6.77. The van der Waals surface area contributed by atoms with Crippen LogP contribution < -0.4 is 20.3 Å². The van der Waals surface area contributed by atoms with E-state index in [4.69, 9.17) is 9.47 Å². The first-order valence-electron chi connectivity index (χ1n) is 9.44. The van der Waals surface area contributed by atoms with E-state index < -0.39 is 0 Å². The molecule has 0 atom stereocenters. The molecule has 1 N–H and O–H groups in total. The molecule has 1 amide bonds. The van der Waals surface area contributed by atoms with Gasteiger partial charge in [-0.25, -0.2) is 0 Å². The van der Waals surface area contributed by atoms with E-state index >= 15 is 0 Å². The van der Waals surface area contributed by atoms with Gasteiger partial charge in [0.05, 0.1) is 5.69 Å². The Kier molecular flexibility index (Phi) is 5.29. The third-order valence-electron chi connectivity index (χ3n) is 4.78. The van der Waals surface area contributed by atoms with Gasteiger partial charge in [0, 0.05) is 30.7 Å². The lowest BCUT2D eigenvalue weighted by molar-refractivity contribution is 0.0950. The van der Waals surface area contributed by atoms with Crippen molar-refractivity contribution < 1.29 is 14.3 Å². The lowest BCUT2D eigenvalue weighted by Gasteiger charge is -2.12. The molecule has 4 rings (SSSR count). The zero-order chi connectivity index (χ0) is 20.2. The smallest absolute Gasteiger partial charge is 0.268 e. The molecule has 148 valence electrons. The van der Waals surface area contributed by atoms with Crippen LogP contribution in [0.15, 0.2) is 59.7 Å². The Morgan fingerprint density at radius 1 is 1.17 bits per heavy atom. The van der Waals surface area contributed by atoms with Gasteiger partial charge in [-0.05, 0) is 55.7 Å². The molecule has 29 heavy (non-hydrogen) atoms. The molecule has 1 aliphatic heterocycles. The van der Waals surface area contributed by atoms with Crippen LogP contribution in [-0.4, -0.2) is 28.8 Å². The average Bonchev–Trinajstić information content (AvgIpc) is 3.20. The van der Waals surface area contributed by atoms with Crippen molar-refractivity contribution in [2.75, 3.05) is 13.3 Å². The van der Waals surface area contributed by atoms with Gasteiger partial charge in [-0.3, -0.25) is 19.1 Å². The summed E-state index contributed by atoms with van der Waals surface area (Å²) in [5.41, 5.74) is 1.99. The topological polar surface area (TPSA) is 82.5 Å². The fourth-order valence-corrected chi connectivity index (χ4v) is 3.25. The van der Waals surface area contributed by atoms with E-state index in [0.717, 1.165) is 18.5 Å². The van der Waals surface area contributed by atoms with Crippen molar-refractivity contribution in [1.82, 2.24) is 14.9 Å². The molecule has 0 spiro atoms. The highest BCUT2D eigenvalue weighted by atomic mass is 16.7. The lowest BCUT2D eigenvalue weighted by Crippen LogP contribution is -2.34. The predicted octanol–water partition coefficient (Wildman–Crippen LogP) is 2.63. The maximum Gasteiger partial charge on any atom is 0.268 e. The molecule has 0 fully saturated rings. The summed E-state index contributed by atoms with van der Waals surface area (Å²) in [6.45, 7) is 2.38. The van der Waals surface area contributed by atoms with Crippen LogP contribution >= 0.6 is 0 Å². The number of benzene rings is 1. The number of rotatable bonds is 6. The fourth-order valence-electron chi connectivity index (χ4n) is 3.25. The quantitative estimate of drug-likeness (QED) is 0.653. The number of nitrogens with zero attached hydrogens (tertiary/aromatic N) is 2. The van der Waals surface area contributed by atoms with Gasteiger partial charge in [-0.15, -0.1) is 0 Å². The normalized spacial score (nSPS) is 12.0. The van der Waals surface area contributed by atoms with E-state index in [1.54, 1.807) is 43.6 Å². The number of amides is 1. The number of nitrogens with one attached hydrogen (secondary N) is 1. The van der Waals surface area contributed by atoms with Crippen molar-refractivity contribution >= 4 is 5.91 Å². The number of fused-ring (bicyclic) bond motifs is 1. The maximum absolute atomic E-state index is 13.0. The van der Waals surface area contributed by atoms with Crippen molar-refractivity contribution in [2.24, 2.45) is 0 Å². The summed E-state index contributed by atoms with van der Waals surface area (Å²) in [6, 6.07) is 12.8. The lowest BCUT2D eigenvalue weighted by atomic mass is 10.1. The van der Waals surface area contributed by atoms with Crippen molar-refractivity contribution in [3.8, 4) is 17.2 Å². The standard InChI is InChI=1S/C22H21N3O4/c1-15-9-12-25(17-7-8-18-19(13-17)29-14-28-18)22(27)20(15)21(26)24-11-4-6-16-5-2-3-10-23-16/h2-3,5,7-10,12-13H,4,6,11,14H2,1H3,(H,24,26). The molecule has 7 heteroatoms. The van der Waals surface area contributed by atoms with Crippen molar-refractivity contribution in [2.45, 2.75) is 19.8 Å². The Morgan fingerprint density at radius 3 is 2.86 bits per heavy atom. The number of carbonyl (C=O) groups is 1. The van der Waals surface area contributed by atoms with Gasteiger partial charge in [-0.2, -0.15) is 0 Å². The molecule has 3 heterocycles. The van der Waals surface area contributed by atoms with E-state index in [9.17, 15) is 9.59 Å². The molecule has 0 bridgehead atoms. The first kappa shape index (κ1) is 18.7. The molecule has 1 aliphatic rings. The van der Waals surface area contributed by atoms with E-state index in [-0.39, 0.29) is 23.8 Å². The van der Waals surface area contributed by atoms with Gasteiger partial charge in [0.2, 0.25) is 6.79 Å². The van der Waals surface area contributed by atoms with Crippen LogP contribution in [0.4, 0.5) is 0 Å². The Balaban J connectivity index is 1.49. The second-order valence-electron chi connectivity index (χ2n) is 6.77. The van der Waals surface area contributed by atoms with E-state index in [1.807, 2.05) is 18.2 Å². The van der Waals surface area contributed by atoms with Crippen LogP contribution in [0, 0.1) is 6.92 Å². The zero-order valence-corrected chi connectivity index (χ0v) is 16.1. The molecule has 7 nitrogen and oxygen atoms in total. The molecule has 1 aromatic carbocycles. The molecular formula is C22H21N3O4. The second kappa shape index (κ2) is 8.18. The molecule has 0 unspecified atom stereocenters. The number of ether oxygens (including phenoxy) is 2. The van der Waals surface area contributed by atoms with E-state index in [1.165, 1.54) is 4.57 Å². The van der Waals surface area contributed by atoms with Crippen LogP contribution in [0.25, 0.3) is 5.69 Å². The van der Waals surface area contributed by atoms with Crippen molar-refractivity contribution in [3.63, 3.8) is 0 Å². The highest BCUT2D eigenvalue weighted by Crippen LogP contribution is 2.33. The maximum atomic E-state index is 13.0. The number of hydrogen-bond donors (Lipinski definition) is 1. The highest BCUT2D eigenvalue weighted by molar-refractivity contribution is 5.95. The number of aryl methyl sites for hydroxylation is 2. The molecule has 0 aliphatic carbocycles. The van der Waals surface area contributed by atoms with Gasteiger partial charge in [0.25, 0.3) is 11.5 Å². The summed E-state index contributed by atoms with van der Waals surface area (Å²) in [4.78, 5) is 30.0. The molecule has 0 saturated heterocycles. The van der Waals surface area contributed by atoms with Gasteiger partial charge in [0.1, 0.15) is 5.56 Å². The predicted molar refractivity (Wildman–Crippen MR) is 108 cm³/mol.